The normalized spacial score (nSPS) is 13.8. The quantitative estimate of drug-likeness (QED) is 0.866. The highest BCUT2D eigenvalue weighted by Crippen LogP contribution is 2.27. The van der Waals surface area contributed by atoms with Gasteiger partial charge in [-0.15, -0.1) is 0 Å². The zero-order valence-corrected chi connectivity index (χ0v) is 13.4. The number of rotatable bonds is 5. The summed E-state index contributed by atoms with van der Waals surface area (Å²) < 4.78 is 7.19. The van der Waals surface area contributed by atoms with Gasteiger partial charge in [0.2, 0.25) is 0 Å². The molecule has 0 aromatic heterocycles. The highest BCUT2D eigenvalue weighted by atomic mass is 79.9. The van der Waals surface area contributed by atoms with Gasteiger partial charge in [0.15, 0.2) is 0 Å². The van der Waals surface area contributed by atoms with Crippen LogP contribution in [0.1, 0.15) is 30.6 Å². The molecular formula is C17H20BrNO. The third-order valence-electron chi connectivity index (χ3n) is 3.31. The number of nitrogens with two attached hydrogens (primary N) is 1. The van der Waals surface area contributed by atoms with Crippen molar-refractivity contribution in [3.05, 3.63) is 64.1 Å². The average molecular weight is 334 g/mol. The summed E-state index contributed by atoms with van der Waals surface area (Å²) in [5, 5.41) is 0. The molecule has 0 saturated carbocycles. The second-order valence-corrected chi connectivity index (χ2v) is 5.89. The molecule has 2 rings (SSSR count). The lowest BCUT2D eigenvalue weighted by molar-refractivity contribution is 0.171. The molecule has 3 heteroatoms. The van der Waals surface area contributed by atoms with E-state index in [0.717, 1.165) is 22.2 Å². The molecule has 0 saturated heterocycles. The van der Waals surface area contributed by atoms with Crippen LogP contribution in [0.15, 0.2) is 53.0 Å². The maximum absolute atomic E-state index is 6.24. The molecular weight excluding hydrogens is 314 g/mol. The predicted octanol–water partition coefficient (Wildman–Crippen LogP) is 4.61. The molecule has 0 aliphatic carbocycles. The topological polar surface area (TPSA) is 35.2 Å². The maximum atomic E-state index is 6.24. The molecule has 2 atom stereocenters. The molecule has 0 amide bonds. The van der Waals surface area contributed by atoms with E-state index in [1.165, 1.54) is 5.56 Å². The summed E-state index contributed by atoms with van der Waals surface area (Å²) in [6.07, 6.45) is 0.738. The summed E-state index contributed by atoms with van der Waals surface area (Å²) in [4.78, 5) is 0. The fourth-order valence-electron chi connectivity index (χ4n) is 2.10. The molecule has 0 radical (unpaired) electrons. The summed E-state index contributed by atoms with van der Waals surface area (Å²) in [6, 6.07) is 16.2. The third-order valence-corrected chi connectivity index (χ3v) is 3.84. The Kier molecular flexibility index (Phi) is 5.21. The van der Waals surface area contributed by atoms with Gasteiger partial charge in [0.05, 0.1) is 0 Å². The minimum atomic E-state index is -0.130. The first-order chi connectivity index (χ1) is 9.60. The first-order valence-electron chi connectivity index (χ1n) is 6.84. The van der Waals surface area contributed by atoms with Crippen LogP contribution >= 0.6 is 15.9 Å². The molecule has 106 valence electrons. The minimum absolute atomic E-state index is 0.0308. The van der Waals surface area contributed by atoms with Gasteiger partial charge in [-0.2, -0.15) is 0 Å². The van der Waals surface area contributed by atoms with Gasteiger partial charge in [0.1, 0.15) is 11.9 Å². The van der Waals surface area contributed by atoms with E-state index in [4.69, 9.17) is 10.5 Å². The minimum Gasteiger partial charge on any atom is -0.484 e. The molecule has 0 aliphatic rings. The van der Waals surface area contributed by atoms with Crippen LogP contribution in [0.25, 0.3) is 0 Å². The SMILES string of the molecule is CCC(N)C(Oc1cccc(C)c1)c1ccc(Br)cc1. The maximum Gasteiger partial charge on any atom is 0.139 e. The number of halogens is 1. The summed E-state index contributed by atoms with van der Waals surface area (Å²) in [5.74, 6) is 0.863. The summed E-state index contributed by atoms with van der Waals surface area (Å²) >= 11 is 3.45. The summed E-state index contributed by atoms with van der Waals surface area (Å²) in [6.45, 7) is 4.14. The van der Waals surface area contributed by atoms with Crippen LogP contribution in [0, 0.1) is 6.92 Å². The van der Waals surface area contributed by atoms with E-state index in [-0.39, 0.29) is 12.1 Å². The van der Waals surface area contributed by atoms with E-state index in [0.29, 0.717) is 0 Å². The molecule has 0 spiro atoms. The highest BCUT2D eigenvalue weighted by molar-refractivity contribution is 9.10. The lowest BCUT2D eigenvalue weighted by Crippen LogP contribution is -2.31. The van der Waals surface area contributed by atoms with Gasteiger partial charge in [-0.05, 0) is 48.7 Å². The smallest absolute Gasteiger partial charge is 0.139 e. The van der Waals surface area contributed by atoms with Crippen LogP contribution in [-0.4, -0.2) is 6.04 Å². The fourth-order valence-corrected chi connectivity index (χ4v) is 2.37. The van der Waals surface area contributed by atoms with Crippen molar-refractivity contribution >= 4 is 15.9 Å². The van der Waals surface area contributed by atoms with E-state index in [2.05, 4.69) is 48.0 Å². The first kappa shape index (κ1) is 15.1. The van der Waals surface area contributed by atoms with Crippen LogP contribution < -0.4 is 10.5 Å². The van der Waals surface area contributed by atoms with E-state index in [9.17, 15) is 0 Å². The van der Waals surface area contributed by atoms with Crippen LogP contribution in [-0.2, 0) is 0 Å². The van der Waals surface area contributed by atoms with Gasteiger partial charge in [-0.3, -0.25) is 0 Å². The van der Waals surface area contributed by atoms with Crippen LogP contribution in [0.5, 0.6) is 5.75 Å². The summed E-state index contributed by atoms with van der Waals surface area (Å²) in [5.41, 5.74) is 8.52. The Morgan fingerprint density at radius 3 is 2.45 bits per heavy atom. The number of aryl methyl sites for hydroxylation is 1. The molecule has 2 N–H and O–H groups in total. The Morgan fingerprint density at radius 2 is 1.85 bits per heavy atom. The van der Waals surface area contributed by atoms with Crippen molar-refractivity contribution in [1.82, 2.24) is 0 Å². The van der Waals surface area contributed by atoms with Crippen LogP contribution in [0.4, 0.5) is 0 Å². The first-order valence-corrected chi connectivity index (χ1v) is 7.64. The Morgan fingerprint density at radius 1 is 1.15 bits per heavy atom. The predicted molar refractivity (Wildman–Crippen MR) is 87.0 cm³/mol. The second kappa shape index (κ2) is 6.91. The molecule has 2 aromatic carbocycles. The van der Waals surface area contributed by atoms with E-state index in [1.54, 1.807) is 0 Å². The van der Waals surface area contributed by atoms with Crippen LogP contribution in [0.3, 0.4) is 0 Å². The highest BCUT2D eigenvalue weighted by Gasteiger charge is 2.20. The molecule has 2 nitrogen and oxygen atoms in total. The van der Waals surface area contributed by atoms with Gasteiger partial charge in [-0.1, -0.05) is 47.1 Å². The monoisotopic (exact) mass is 333 g/mol. The van der Waals surface area contributed by atoms with Crippen molar-refractivity contribution < 1.29 is 4.74 Å². The Labute approximate surface area is 129 Å². The molecule has 0 fully saturated rings. The van der Waals surface area contributed by atoms with Crippen molar-refractivity contribution in [1.29, 1.82) is 0 Å². The van der Waals surface area contributed by atoms with Crippen molar-refractivity contribution in [2.24, 2.45) is 5.73 Å². The van der Waals surface area contributed by atoms with Crippen molar-refractivity contribution in [3.8, 4) is 5.75 Å². The molecule has 20 heavy (non-hydrogen) atoms. The Bertz CT molecular complexity index is 553. The molecule has 2 unspecified atom stereocenters. The van der Waals surface area contributed by atoms with Crippen molar-refractivity contribution in [3.63, 3.8) is 0 Å². The number of hydrogen-bond donors (Lipinski definition) is 1. The fraction of sp³-hybridized carbons (Fsp3) is 0.294. The van der Waals surface area contributed by atoms with Gasteiger partial charge in [-0.25, -0.2) is 0 Å². The van der Waals surface area contributed by atoms with E-state index >= 15 is 0 Å². The number of ether oxygens (including phenoxy) is 1. The Balaban J connectivity index is 2.26. The van der Waals surface area contributed by atoms with Gasteiger partial charge >= 0.3 is 0 Å². The van der Waals surface area contributed by atoms with E-state index < -0.39 is 0 Å². The third kappa shape index (κ3) is 3.84. The molecule has 0 heterocycles. The van der Waals surface area contributed by atoms with Crippen LogP contribution in [0.2, 0.25) is 0 Å². The summed E-state index contributed by atoms with van der Waals surface area (Å²) in [7, 11) is 0. The van der Waals surface area contributed by atoms with Gasteiger partial charge in [0, 0.05) is 10.5 Å². The largest absolute Gasteiger partial charge is 0.484 e. The van der Waals surface area contributed by atoms with Gasteiger partial charge in [0.25, 0.3) is 0 Å². The number of hydrogen-bond acceptors (Lipinski definition) is 2. The Hall–Kier alpha value is -1.32. The standard InChI is InChI=1S/C17H20BrNO/c1-3-16(19)17(13-7-9-14(18)10-8-13)20-15-6-4-5-12(2)11-15/h4-11,16-17H,3,19H2,1-2H3. The molecule has 0 aliphatic heterocycles. The second-order valence-electron chi connectivity index (χ2n) is 4.98. The lowest BCUT2D eigenvalue weighted by Gasteiger charge is -2.25. The van der Waals surface area contributed by atoms with Crippen molar-refractivity contribution in [2.45, 2.75) is 32.4 Å². The van der Waals surface area contributed by atoms with Gasteiger partial charge < -0.3 is 10.5 Å². The zero-order chi connectivity index (χ0) is 14.5. The average Bonchev–Trinajstić information content (AvgIpc) is 2.45. The zero-order valence-electron chi connectivity index (χ0n) is 11.8. The lowest BCUT2D eigenvalue weighted by atomic mass is 10.0. The molecule has 0 bridgehead atoms. The number of benzene rings is 2. The van der Waals surface area contributed by atoms with Crippen molar-refractivity contribution in [2.75, 3.05) is 0 Å². The molecule has 2 aromatic rings. The van der Waals surface area contributed by atoms with E-state index in [1.807, 2.05) is 30.3 Å².